The van der Waals surface area contributed by atoms with Crippen LogP contribution in [0.3, 0.4) is 0 Å². The molecule has 0 aromatic carbocycles. The smallest absolute Gasteiger partial charge is 0.335 e. The number of carboxylic acids is 1. The van der Waals surface area contributed by atoms with Gasteiger partial charge in [0.25, 0.3) is 0 Å². The van der Waals surface area contributed by atoms with E-state index in [1.54, 1.807) is 0 Å². The standard InChI is InChI=1S/C20H30O12/c1-2-3-4-30-20(28)5-9(6-21)12-13(20)10(17(26)27)8-29-18(12)32-19-16(25)15(24)14(23)11(7-22)31-19/h5,8,11-16,18-19,21-25,28H,2-4,6-7H2,1H3,(H,26,27)/t11-,12-,13-,14-,15+,16-,18+,19+,20+/m1/s1. The van der Waals surface area contributed by atoms with Crippen molar-refractivity contribution in [3.63, 3.8) is 0 Å². The van der Waals surface area contributed by atoms with Gasteiger partial charge in [-0.2, -0.15) is 0 Å². The molecule has 0 spiro atoms. The first-order valence-corrected chi connectivity index (χ1v) is 10.4. The van der Waals surface area contributed by atoms with E-state index in [2.05, 4.69) is 0 Å². The molecule has 1 fully saturated rings. The zero-order valence-corrected chi connectivity index (χ0v) is 17.5. The summed E-state index contributed by atoms with van der Waals surface area (Å²) in [6.07, 6.45) is -5.66. The topological polar surface area (TPSA) is 196 Å². The second kappa shape index (κ2) is 10.1. The monoisotopic (exact) mass is 462 g/mol. The summed E-state index contributed by atoms with van der Waals surface area (Å²) in [4.78, 5) is 11.8. The van der Waals surface area contributed by atoms with Gasteiger partial charge in [0.2, 0.25) is 6.29 Å². The summed E-state index contributed by atoms with van der Waals surface area (Å²) >= 11 is 0. The fourth-order valence-electron chi connectivity index (χ4n) is 4.24. The fraction of sp³-hybridized carbons (Fsp3) is 0.750. The molecule has 9 atom stereocenters. The van der Waals surface area contributed by atoms with Crippen molar-refractivity contribution in [2.75, 3.05) is 19.8 Å². The zero-order chi connectivity index (χ0) is 23.6. The van der Waals surface area contributed by atoms with Crippen molar-refractivity contribution in [1.29, 1.82) is 0 Å². The normalized spacial score (nSPS) is 41.5. The van der Waals surface area contributed by atoms with Crippen molar-refractivity contribution in [2.24, 2.45) is 11.8 Å². The first kappa shape index (κ1) is 25.0. The Balaban J connectivity index is 1.89. The summed E-state index contributed by atoms with van der Waals surface area (Å²) in [5, 5.41) is 70.2. The van der Waals surface area contributed by atoms with Gasteiger partial charge >= 0.3 is 5.97 Å². The van der Waals surface area contributed by atoms with Gasteiger partial charge in [0.05, 0.1) is 43.5 Å². The van der Waals surface area contributed by atoms with E-state index in [1.807, 2.05) is 6.92 Å². The summed E-state index contributed by atoms with van der Waals surface area (Å²) < 4.78 is 22.0. The van der Waals surface area contributed by atoms with Crippen LogP contribution in [0.1, 0.15) is 19.8 Å². The average Bonchev–Trinajstić information content (AvgIpc) is 3.07. The van der Waals surface area contributed by atoms with Gasteiger partial charge in [-0.05, 0) is 18.1 Å². The maximum absolute atomic E-state index is 11.8. The first-order chi connectivity index (χ1) is 15.2. The summed E-state index contributed by atoms with van der Waals surface area (Å²) in [5.74, 6) is -5.66. The molecule has 182 valence electrons. The molecule has 0 saturated carbocycles. The van der Waals surface area contributed by atoms with Crippen LogP contribution in [0.25, 0.3) is 0 Å². The number of ether oxygens (including phenoxy) is 4. The van der Waals surface area contributed by atoms with Crippen LogP contribution in [0.2, 0.25) is 0 Å². The van der Waals surface area contributed by atoms with E-state index in [9.17, 15) is 40.5 Å². The second-order valence-corrected chi connectivity index (χ2v) is 8.05. The maximum Gasteiger partial charge on any atom is 0.335 e. The molecule has 0 bridgehead atoms. The van der Waals surface area contributed by atoms with Crippen molar-refractivity contribution in [3.8, 4) is 0 Å². The molecule has 7 N–H and O–H groups in total. The van der Waals surface area contributed by atoms with Crippen LogP contribution in [0, 0.1) is 11.8 Å². The number of unbranched alkanes of at least 4 members (excludes halogenated alkanes) is 1. The highest BCUT2D eigenvalue weighted by molar-refractivity contribution is 5.87. The van der Waals surface area contributed by atoms with Gasteiger partial charge in [0.15, 0.2) is 12.1 Å². The third kappa shape index (κ3) is 4.55. The lowest BCUT2D eigenvalue weighted by Gasteiger charge is -2.43. The Bertz CT molecular complexity index is 736. The SMILES string of the molecule is CCCCO[C@@]1(O)C=C(CO)[C@H]2[C@H](O[C@@H]3O[C@H](CO)[C@@H](O)[C@H](O)[C@H]3O)OC=C(C(=O)O)[C@H]21. The minimum absolute atomic E-state index is 0.136. The van der Waals surface area contributed by atoms with Crippen LogP contribution >= 0.6 is 0 Å². The molecule has 32 heavy (non-hydrogen) atoms. The number of aliphatic hydroxyl groups excluding tert-OH is 5. The molecule has 0 unspecified atom stereocenters. The van der Waals surface area contributed by atoms with Gasteiger partial charge in [-0.25, -0.2) is 4.79 Å². The lowest BCUT2D eigenvalue weighted by atomic mass is 9.81. The van der Waals surface area contributed by atoms with Gasteiger partial charge in [-0.15, -0.1) is 0 Å². The van der Waals surface area contributed by atoms with Gasteiger partial charge < -0.3 is 54.7 Å². The molecule has 12 heteroatoms. The second-order valence-electron chi connectivity index (χ2n) is 8.05. The third-order valence-corrected chi connectivity index (χ3v) is 5.96. The number of hydrogen-bond donors (Lipinski definition) is 7. The Labute approximate surface area is 183 Å². The number of carboxylic acid groups (broad SMARTS) is 1. The van der Waals surface area contributed by atoms with Crippen LogP contribution in [0.15, 0.2) is 23.5 Å². The Morgan fingerprint density at radius 3 is 2.47 bits per heavy atom. The summed E-state index contributed by atoms with van der Waals surface area (Å²) in [7, 11) is 0. The average molecular weight is 462 g/mol. The quantitative estimate of drug-likeness (QED) is 0.111. The van der Waals surface area contributed by atoms with Crippen LogP contribution in [-0.4, -0.2) is 104 Å². The molecule has 2 aliphatic heterocycles. The van der Waals surface area contributed by atoms with E-state index in [0.29, 0.717) is 6.42 Å². The Hall–Kier alpha value is -1.61. The molecule has 0 radical (unpaired) electrons. The number of rotatable bonds is 9. The highest BCUT2D eigenvalue weighted by atomic mass is 16.8. The van der Waals surface area contributed by atoms with Crippen LogP contribution in [0.5, 0.6) is 0 Å². The minimum Gasteiger partial charge on any atom is -0.478 e. The predicted octanol–water partition coefficient (Wildman–Crippen LogP) is -2.20. The Kier molecular flexibility index (Phi) is 7.91. The van der Waals surface area contributed by atoms with E-state index < -0.39 is 73.8 Å². The lowest BCUT2D eigenvalue weighted by Crippen LogP contribution is -2.60. The Morgan fingerprint density at radius 1 is 1.16 bits per heavy atom. The van der Waals surface area contributed by atoms with Crippen LogP contribution in [0.4, 0.5) is 0 Å². The van der Waals surface area contributed by atoms with Gasteiger partial charge in [-0.1, -0.05) is 13.3 Å². The molecular weight excluding hydrogens is 432 g/mol. The predicted molar refractivity (Wildman–Crippen MR) is 103 cm³/mol. The zero-order valence-electron chi connectivity index (χ0n) is 17.5. The summed E-state index contributed by atoms with van der Waals surface area (Å²) in [6.45, 7) is 0.822. The molecule has 1 aliphatic carbocycles. The van der Waals surface area contributed by atoms with E-state index in [-0.39, 0.29) is 17.8 Å². The summed E-state index contributed by atoms with van der Waals surface area (Å²) in [6, 6.07) is 0. The minimum atomic E-state index is -2.05. The number of carbonyl (C=O) groups is 1. The molecule has 2 heterocycles. The molecule has 3 aliphatic rings. The largest absolute Gasteiger partial charge is 0.478 e. The van der Waals surface area contributed by atoms with E-state index in [4.69, 9.17) is 18.9 Å². The van der Waals surface area contributed by atoms with E-state index in [0.717, 1.165) is 12.7 Å². The molecule has 0 amide bonds. The van der Waals surface area contributed by atoms with Gasteiger partial charge in [0, 0.05) is 0 Å². The van der Waals surface area contributed by atoms with E-state index >= 15 is 0 Å². The van der Waals surface area contributed by atoms with Crippen molar-refractivity contribution < 1.29 is 59.5 Å². The van der Waals surface area contributed by atoms with Gasteiger partial charge in [-0.3, -0.25) is 0 Å². The molecule has 0 aromatic heterocycles. The van der Waals surface area contributed by atoms with Crippen molar-refractivity contribution in [1.82, 2.24) is 0 Å². The van der Waals surface area contributed by atoms with E-state index in [1.165, 1.54) is 6.08 Å². The number of hydrogen-bond acceptors (Lipinski definition) is 11. The molecule has 0 aromatic rings. The number of aliphatic carboxylic acids is 1. The van der Waals surface area contributed by atoms with Crippen LogP contribution in [-0.2, 0) is 23.7 Å². The number of aliphatic hydroxyl groups is 6. The lowest BCUT2D eigenvalue weighted by molar-refractivity contribution is -0.343. The van der Waals surface area contributed by atoms with Crippen molar-refractivity contribution in [3.05, 3.63) is 23.5 Å². The molecule has 1 saturated heterocycles. The maximum atomic E-state index is 11.8. The van der Waals surface area contributed by atoms with Crippen molar-refractivity contribution in [2.45, 2.75) is 62.5 Å². The van der Waals surface area contributed by atoms with Crippen molar-refractivity contribution >= 4 is 5.97 Å². The fourth-order valence-corrected chi connectivity index (χ4v) is 4.24. The Morgan fingerprint density at radius 2 is 1.88 bits per heavy atom. The highest BCUT2D eigenvalue weighted by Crippen LogP contribution is 2.49. The highest BCUT2D eigenvalue weighted by Gasteiger charge is 2.58. The first-order valence-electron chi connectivity index (χ1n) is 10.4. The van der Waals surface area contributed by atoms with Gasteiger partial charge in [0.1, 0.15) is 24.4 Å². The molecule has 3 rings (SSSR count). The summed E-state index contributed by atoms with van der Waals surface area (Å²) in [5.41, 5.74) is -0.113. The molecular formula is C20H30O12. The van der Waals surface area contributed by atoms with Crippen LogP contribution < -0.4 is 0 Å². The number of fused-ring (bicyclic) bond motifs is 1. The third-order valence-electron chi connectivity index (χ3n) is 5.96. The molecule has 12 nitrogen and oxygen atoms in total.